The first kappa shape index (κ1) is 36.4. The molecule has 4 rings (SSSR count). The van der Waals surface area contributed by atoms with Crippen LogP contribution in [0.25, 0.3) is 5.57 Å². The highest BCUT2D eigenvalue weighted by Crippen LogP contribution is 2.37. The second-order valence-corrected chi connectivity index (χ2v) is 12.3. The number of carbonyl (C=O) groups excluding carboxylic acids is 3. The molecular weight excluding hydrogens is 620 g/mol. The molecule has 0 spiro atoms. The Hall–Kier alpha value is -5.39. The number of nitrogens with one attached hydrogen (secondary N) is 4. The number of allylic oxidation sites excluding steroid dienone is 6. The Balaban J connectivity index is 1.55. The van der Waals surface area contributed by atoms with Gasteiger partial charge in [-0.1, -0.05) is 49.8 Å². The standard InChI is InChI=1S/C37H48N8O4/c1-8-9-10-12-25(16-15-24(2)44(4)5)23-45(6)37(48)30-20-19-27(22-39-30)28-13-11-14-29(34(28)49-7)40-31-21-32(41-35(46)26-17-18-26)42-43-33(31)36(47)38-3/h10-16,19-21,26,39H,8-9,17-18,22-23H2,1-7H3,(H,38,47)(H2,40,41,42,46)/b12-10+,24-15+,25-16+. The summed E-state index contributed by atoms with van der Waals surface area (Å²) in [6.45, 7) is 5.04. The molecule has 1 aliphatic heterocycles. The molecule has 0 bridgehead atoms. The Bertz CT molecular complexity index is 1700. The Morgan fingerprint density at radius 2 is 1.86 bits per heavy atom. The van der Waals surface area contributed by atoms with Crippen LogP contribution >= 0.6 is 0 Å². The van der Waals surface area contributed by atoms with Crippen molar-refractivity contribution in [1.82, 2.24) is 30.6 Å². The molecule has 2 aliphatic rings. The molecule has 4 N–H and O–H groups in total. The van der Waals surface area contributed by atoms with Crippen molar-refractivity contribution in [3.05, 3.63) is 88.9 Å². The third kappa shape index (κ3) is 9.82. The number of amides is 3. The number of para-hydroxylation sites is 1. The van der Waals surface area contributed by atoms with Crippen molar-refractivity contribution in [2.45, 2.75) is 39.5 Å². The van der Waals surface area contributed by atoms with Crippen LogP contribution in [0.5, 0.6) is 5.75 Å². The topological polar surface area (TPSA) is 141 Å². The number of hydrogen-bond acceptors (Lipinski definition) is 9. The highest BCUT2D eigenvalue weighted by Gasteiger charge is 2.30. The van der Waals surface area contributed by atoms with Gasteiger partial charge in [0.15, 0.2) is 11.5 Å². The lowest BCUT2D eigenvalue weighted by Crippen LogP contribution is -2.36. The normalized spacial score (nSPS) is 14.8. The summed E-state index contributed by atoms with van der Waals surface area (Å²) in [4.78, 5) is 42.2. The summed E-state index contributed by atoms with van der Waals surface area (Å²) in [6.07, 6.45) is 15.8. The molecule has 12 nitrogen and oxygen atoms in total. The smallest absolute Gasteiger partial charge is 0.273 e. The summed E-state index contributed by atoms with van der Waals surface area (Å²) in [7, 11) is 8.89. The van der Waals surface area contributed by atoms with Crippen LogP contribution in [0.4, 0.5) is 17.2 Å². The van der Waals surface area contributed by atoms with Gasteiger partial charge < -0.3 is 35.8 Å². The third-order valence-corrected chi connectivity index (χ3v) is 8.22. The monoisotopic (exact) mass is 668 g/mol. The lowest BCUT2D eigenvalue weighted by atomic mass is 10.0. The first-order valence-corrected chi connectivity index (χ1v) is 16.5. The number of dihydropyridines is 1. The third-order valence-electron chi connectivity index (χ3n) is 8.22. The van der Waals surface area contributed by atoms with Crippen LogP contribution in [0.3, 0.4) is 0 Å². The summed E-state index contributed by atoms with van der Waals surface area (Å²) >= 11 is 0. The number of unbranched alkanes of at least 4 members (excludes halogenated alkanes) is 1. The van der Waals surface area contributed by atoms with Gasteiger partial charge in [-0.25, -0.2) is 0 Å². The Morgan fingerprint density at radius 1 is 1.08 bits per heavy atom. The molecule has 0 unspecified atom stereocenters. The van der Waals surface area contributed by atoms with Gasteiger partial charge in [0.05, 0.1) is 18.5 Å². The number of methoxy groups -OCH3 is 1. The SMILES string of the molecule is CCC/C=C/C(=C\C=C(/C)N(C)C)CN(C)C(=O)C1=CC=C(c2cccc(Nc3cc(NC(=O)C4CC4)nnc3C(=O)NC)c2OC)CN1. The summed E-state index contributed by atoms with van der Waals surface area (Å²) < 4.78 is 5.86. The minimum atomic E-state index is -0.434. The zero-order valence-electron chi connectivity index (χ0n) is 29.5. The number of ether oxygens (including phenoxy) is 1. The second kappa shape index (κ2) is 17.1. The Labute approximate surface area is 289 Å². The highest BCUT2D eigenvalue weighted by molar-refractivity contribution is 6.00. The number of rotatable bonds is 15. The van der Waals surface area contributed by atoms with E-state index >= 15 is 0 Å². The number of aromatic nitrogens is 2. The predicted octanol–water partition coefficient (Wildman–Crippen LogP) is 5.01. The fourth-order valence-corrected chi connectivity index (χ4v) is 4.98. The largest absolute Gasteiger partial charge is 0.494 e. The summed E-state index contributed by atoms with van der Waals surface area (Å²) in [5.41, 5.74) is 5.36. The van der Waals surface area contributed by atoms with Gasteiger partial charge in [-0.2, -0.15) is 0 Å². The van der Waals surface area contributed by atoms with Gasteiger partial charge >= 0.3 is 0 Å². The Kier molecular flexibility index (Phi) is 12.7. The molecule has 1 aliphatic carbocycles. The van der Waals surface area contributed by atoms with Gasteiger partial charge in [-0.05, 0) is 55.6 Å². The molecule has 12 heteroatoms. The first-order valence-electron chi connectivity index (χ1n) is 16.5. The molecule has 260 valence electrons. The molecule has 2 heterocycles. The van der Waals surface area contributed by atoms with Crippen molar-refractivity contribution >= 4 is 40.5 Å². The van der Waals surface area contributed by atoms with E-state index in [0.29, 0.717) is 35.9 Å². The summed E-state index contributed by atoms with van der Waals surface area (Å²) in [6, 6.07) is 7.21. The summed E-state index contributed by atoms with van der Waals surface area (Å²) in [5, 5.41) is 20.0. The van der Waals surface area contributed by atoms with E-state index in [1.54, 1.807) is 31.2 Å². The van der Waals surface area contributed by atoms with Crippen molar-refractivity contribution in [3.8, 4) is 5.75 Å². The van der Waals surface area contributed by atoms with E-state index in [-0.39, 0.29) is 29.2 Å². The van der Waals surface area contributed by atoms with E-state index in [9.17, 15) is 14.4 Å². The van der Waals surface area contributed by atoms with Gasteiger partial charge in [-0.15, -0.1) is 10.2 Å². The number of nitrogens with zero attached hydrogens (tertiary/aromatic N) is 4. The second-order valence-electron chi connectivity index (χ2n) is 12.3. The van der Waals surface area contributed by atoms with Gasteiger partial charge in [0, 0.05) is 64.5 Å². The Morgan fingerprint density at radius 3 is 2.49 bits per heavy atom. The van der Waals surface area contributed by atoms with Gasteiger partial charge in [0.1, 0.15) is 11.4 Å². The van der Waals surface area contributed by atoms with Crippen LogP contribution in [0, 0.1) is 5.92 Å². The molecule has 3 amide bonds. The van der Waals surface area contributed by atoms with Crippen molar-refractivity contribution in [2.75, 3.05) is 59.0 Å². The predicted molar refractivity (Wildman–Crippen MR) is 194 cm³/mol. The minimum Gasteiger partial charge on any atom is -0.494 e. The molecule has 1 aromatic heterocycles. The lowest BCUT2D eigenvalue weighted by molar-refractivity contribution is -0.125. The lowest BCUT2D eigenvalue weighted by Gasteiger charge is -2.24. The zero-order chi connectivity index (χ0) is 35.5. The van der Waals surface area contributed by atoms with Crippen molar-refractivity contribution in [1.29, 1.82) is 0 Å². The molecular formula is C37H48N8O4. The fraction of sp³-hybridized carbons (Fsp3) is 0.378. The van der Waals surface area contributed by atoms with E-state index < -0.39 is 5.91 Å². The number of anilines is 3. The molecule has 1 fully saturated rings. The fourth-order valence-electron chi connectivity index (χ4n) is 4.98. The molecule has 0 atom stereocenters. The van der Waals surface area contributed by atoms with E-state index in [2.05, 4.69) is 62.7 Å². The number of benzene rings is 1. The maximum atomic E-state index is 13.5. The quantitative estimate of drug-likeness (QED) is 0.193. The van der Waals surface area contributed by atoms with Gasteiger partial charge in [0.2, 0.25) is 5.91 Å². The molecule has 1 aromatic carbocycles. The van der Waals surface area contributed by atoms with Crippen LogP contribution < -0.4 is 26.0 Å². The molecule has 0 saturated heterocycles. The molecule has 0 radical (unpaired) electrons. The zero-order valence-corrected chi connectivity index (χ0v) is 29.5. The van der Waals surface area contributed by atoms with Crippen LogP contribution in [0.1, 0.15) is 55.6 Å². The van der Waals surface area contributed by atoms with Gasteiger partial charge in [-0.3, -0.25) is 14.4 Å². The molecule has 49 heavy (non-hydrogen) atoms. The highest BCUT2D eigenvalue weighted by atomic mass is 16.5. The van der Waals surface area contributed by atoms with Crippen molar-refractivity contribution in [3.63, 3.8) is 0 Å². The number of carbonyl (C=O) groups is 3. The van der Waals surface area contributed by atoms with Crippen LogP contribution in [0.2, 0.25) is 0 Å². The van der Waals surface area contributed by atoms with Crippen molar-refractivity contribution in [2.24, 2.45) is 5.92 Å². The first-order chi connectivity index (χ1) is 23.6. The number of hydrogen-bond donors (Lipinski definition) is 4. The van der Waals surface area contributed by atoms with E-state index in [0.717, 1.165) is 48.1 Å². The van der Waals surface area contributed by atoms with E-state index in [1.165, 1.54) is 7.05 Å². The average molecular weight is 669 g/mol. The maximum absolute atomic E-state index is 13.5. The van der Waals surface area contributed by atoms with Crippen LogP contribution in [-0.4, -0.2) is 86.1 Å². The van der Waals surface area contributed by atoms with Crippen molar-refractivity contribution < 1.29 is 19.1 Å². The van der Waals surface area contributed by atoms with Gasteiger partial charge in [0.25, 0.3) is 11.8 Å². The molecule has 2 aromatic rings. The maximum Gasteiger partial charge on any atom is 0.273 e. The molecule has 1 saturated carbocycles. The van der Waals surface area contributed by atoms with Crippen LogP contribution in [0.15, 0.2) is 77.7 Å². The van der Waals surface area contributed by atoms with Crippen LogP contribution in [-0.2, 0) is 9.59 Å². The minimum absolute atomic E-state index is 0.0157. The van der Waals surface area contributed by atoms with E-state index in [4.69, 9.17) is 4.74 Å². The van der Waals surface area contributed by atoms with E-state index in [1.807, 2.05) is 50.2 Å². The summed E-state index contributed by atoms with van der Waals surface area (Å²) in [5.74, 6) is 0.100. The average Bonchev–Trinajstić information content (AvgIpc) is 3.96. The number of likely N-dealkylation sites (N-methyl/N-ethyl adjacent to an activating group) is 1.